The van der Waals surface area contributed by atoms with Crippen LogP contribution in [-0.4, -0.2) is 37.9 Å². The molecule has 54 heavy (non-hydrogen) atoms. The molecule has 0 N–H and O–H groups in total. The lowest BCUT2D eigenvalue weighted by atomic mass is 10.1. The van der Waals surface area contributed by atoms with E-state index in [9.17, 15) is 9.59 Å². The summed E-state index contributed by atoms with van der Waals surface area (Å²) < 4.78 is 17.1. The first-order chi connectivity index (χ1) is 26.6. The fourth-order valence-corrected chi connectivity index (χ4v) is 5.18. The highest BCUT2D eigenvalue weighted by molar-refractivity contribution is 5.70. The van der Waals surface area contributed by atoms with E-state index in [1.54, 1.807) is 0 Å². The summed E-state index contributed by atoms with van der Waals surface area (Å²) >= 11 is 0. The molecule has 0 fully saturated rings. The third-order valence-electron chi connectivity index (χ3n) is 8.30. The Morgan fingerprint density at radius 1 is 0.426 bits per heavy atom. The molecular weight excluding hydrogens is 669 g/mol. The molecule has 0 bridgehead atoms. The molecule has 1 unspecified atom stereocenters. The van der Waals surface area contributed by atoms with Crippen LogP contribution in [0.2, 0.25) is 0 Å². The van der Waals surface area contributed by atoms with Crippen molar-refractivity contribution >= 4 is 11.9 Å². The average Bonchev–Trinajstić information content (AvgIpc) is 3.17. The highest BCUT2D eigenvalue weighted by Gasteiger charge is 2.17. The zero-order valence-electron chi connectivity index (χ0n) is 34.7. The molecule has 0 radical (unpaired) electrons. The van der Waals surface area contributed by atoms with Crippen LogP contribution in [0, 0.1) is 0 Å². The van der Waals surface area contributed by atoms with Gasteiger partial charge in [0.2, 0.25) is 0 Å². The first kappa shape index (κ1) is 50.6. The number of allylic oxidation sites excluding steroid dienone is 18. The van der Waals surface area contributed by atoms with Crippen LogP contribution in [0.5, 0.6) is 0 Å². The Kier molecular flexibility index (Phi) is 41.2. The molecular formula is C49H78O5. The number of unbranched alkanes of at least 4 members (excludes halogenated alkanes) is 8. The normalized spacial score (nSPS) is 13.3. The van der Waals surface area contributed by atoms with Crippen molar-refractivity contribution in [3.63, 3.8) is 0 Å². The first-order valence-electron chi connectivity index (χ1n) is 21.4. The molecule has 0 saturated carbocycles. The second-order valence-electron chi connectivity index (χ2n) is 13.5. The Morgan fingerprint density at radius 3 is 1.31 bits per heavy atom. The van der Waals surface area contributed by atoms with Gasteiger partial charge < -0.3 is 14.2 Å². The maximum Gasteiger partial charge on any atom is 0.306 e. The van der Waals surface area contributed by atoms with Gasteiger partial charge in [0.15, 0.2) is 6.10 Å². The third kappa shape index (κ3) is 41.3. The van der Waals surface area contributed by atoms with Gasteiger partial charge in [-0.15, -0.1) is 0 Å². The van der Waals surface area contributed by atoms with Crippen molar-refractivity contribution in [1.29, 1.82) is 0 Å². The highest BCUT2D eigenvalue weighted by Crippen LogP contribution is 2.10. The Hall–Kier alpha value is -3.44. The lowest BCUT2D eigenvalue weighted by Gasteiger charge is -2.18. The van der Waals surface area contributed by atoms with E-state index in [0.717, 1.165) is 116 Å². The van der Waals surface area contributed by atoms with E-state index < -0.39 is 6.10 Å². The predicted molar refractivity (Wildman–Crippen MR) is 233 cm³/mol. The summed E-state index contributed by atoms with van der Waals surface area (Å²) in [5.74, 6) is -0.490. The standard InChI is InChI=1S/C49H78O5/c1-4-7-10-13-15-17-19-21-23-24-25-26-27-28-30-32-34-37-39-42-48(50)53-46-47(54-49(51)43-40-36-12-9-6-3)45-52-44-41-38-35-33-31-29-22-20-18-16-14-11-8-5-2/h7-8,10-11,15-18,21-23,25-26,28-30,33,35,47H,4-6,9,12-14,19-20,24,27,31-32,34,36-46H2,1-3H3/b10-7-,11-8-,17-15-,18-16-,23-21-,26-25-,29-22-,30-28-,35-33-. The second kappa shape index (κ2) is 44.0. The van der Waals surface area contributed by atoms with Crippen LogP contribution in [0.15, 0.2) is 109 Å². The maximum atomic E-state index is 12.5. The molecule has 0 aromatic heterocycles. The fourth-order valence-electron chi connectivity index (χ4n) is 5.18. The fraction of sp³-hybridized carbons (Fsp3) is 0.592. The van der Waals surface area contributed by atoms with Crippen LogP contribution >= 0.6 is 0 Å². The maximum absolute atomic E-state index is 12.5. The van der Waals surface area contributed by atoms with Crippen molar-refractivity contribution in [2.45, 2.75) is 168 Å². The SMILES string of the molecule is CC/C=C\C/C=C\C/C=C\C/C=C\C/C=C\CCCCCC(=O)OCC(COCCC/C=C\C/C=C\C/C=C\C/C=C\CC)OC(=O)CCCCCCC. The molecule has 0 aliphatic carbocycles. The molecule has 0 spiro atoms. The van der Waals surface area contributed by atoms with E-state index in [-0.39, 0.29) is 25.2 Å². The summed E-state index contributed by atoms with van der Waals surface area (Å²) in [5.41, 5.74) is 0. The van der Waals surface area contributed by atoms with Crippen molar-refractivity contribution in [3.05, 3.63) is 109 Å². The van der Waals surface area contributed by atoms with E-state index in [1.807, 2.05) is 0 Å². The number of ether oxygens (including phenoxy) is 3. The monoisotopic (exact) mass is 747 g/mol. The number of carbonyl (C=O) groups excluding carboxylic acids is 2. The van der Waals surface area contributed by atoms with Crippen LogP contribution in [0.1, 0.15) is 162 Å². The van der Waals surface area contributed by atoms with Crippen molar-refractivity contribution < 1.29 is 23.8 Å². The topological polar surface area (TPSA) is 61.8 Å². The molecule has 5 nitrogen and oxygen atoms in total. The Bertz CT molecular complexity index is 1120. The van der Waals surface area contributed by atoms with E-state index in [4.69, 9.17) is 14.2 Å². The average molecular weight is 747 g/mol. The Morgan fingerprint density at radius 2 is 0.833 bits per heavy atom. The molecule has 0 aliphatic heterocycles. The van der Waals surface area contributed by atoms with E-state index in [1.165, 1.54) is 12.8 Å². The molecule has 0 aromatic carbocycles. The van der Waals surface area contributed by atoms with Crippen LogP contribution < -0.4 is 0 Å². The zero-order chi connectivity index (χ0) is 39.3. The zero-order valence-corrected chi connectivity index (χ0v) is 34.7. The molecule has 1 atom stereocenters. The smallest absolute Gasteiger partial charge is 0.306 e. The van der Waals surface area contributed by atoms with Gasteiger partial charge in [0.05, 0.1) is 6.61 Å². The van der Waals surface area contributed by atoms with Gasteiger partial charge in [-0.2, -0.15) is 0 Å². The van der Waals surface area contributed by atoms with Gasteiger partial charge in [0, 0.05) is 19.4 Å². The third-order valence-corrected chi connectivity index (χ3v) is 8.30. The molecule has 0 aliphatic rings. The number of hydrogen-bond donors (Lipinski definition) is 0. The summed E-state index contributed by atoms with van der Waals surface area (Å²) in [6, 6.07) is 0. The Balaban J connectivity index is 4.25. The summed E-state index contributed by atoms with van der Waals surface area (Å²) in [4.78, 5) is 25.0. The largest absolute Gasteiger partial charge is 0.462 e. The summed E-state index contributed by atoms with van der Waals surface area (Å²) in [5, 5.41) is 0. The van der Waals surface area contributed by atoms with Gasteiger partial charge in [0.25, 0.3) is 0 Å². The van der Waals surface area contributed by atoms with E-state index in [0.29, 0.717) is 19.4 Å². The molecule has 0 amide bonds. The summed E-state index contributed by atoms with van der Waals surface area (Å²) in [6.45, 7) is 7.32. The van der Waals surface area contributed by atoms with Crippen LogP contribution in [-0.2, 0) is 23.8 Å². The summed E-state index contributed by atoms with van der Waals surface area (Å²) in [6.07, 6.45) is 59.8. The minimum atomic E-state index is -0.579. The minimum Gasteiger partial charge on any atom is -0.462 e. The van der Waals surface area contributed by atoms with Crippen molar-refractivity contribution in [2.24, 2.45) is 0 Å². The number of rotatable bonds is 37. The van der Waals surface area contributed by atoms with Crippen molar-refractivity contribution in [2.75, 3.05) is 19.8 Å². The lowest BCUT2D eigenvalue weighted by Crippen LogP contribution is -2.30. The van der Waals surface area contributed by atoms with Gasteiger partial charge >= 0.3 is 11.9 Å². The van der Waals surface area contributed by atoms with Crippen LogP contribution in [0.25, 0.3) is 0 Å². The second-order valence-corrected chi connectivity index (χ2v) is 13.5. The number of carbonyl (C=O) groups is 2. The predicted octanol–water partition coefficient (Wildman–Crippen LogP) is 14.1. The molecule has 5 heteroatoms. The minimum absolute atomic E-state index is 0.0390. The number of esters is 2. The molecule has 0 aromatic rings. The van der Waals surface area contributed by atoms with Crippen LogP contribution in [0.3, 0.4) is 0 Å². The van der Waals surface area contributed by atoms with Crippen molar-refractivity contribution in [3.8, 4) is 0 Å². The molecule has 304 valence electrons. The molecule has 0 rings (SSSR count). The lowest BCUT2D eigenvalue weighted by molar-refractivity contribution is -0.163. The number of hydrogen-bond acceptors (Lipinski definition) is 5. The Labute approximate surface area is 332 Å². The van der Waals surface area contributed by atoms with Gasteiger partial charge in [0.1, 0.15) is 6.61 Å². The molecule has 0 heterocycles. The van der Waals surface area contributed by atoms with Gasteiger partial charge in [-0.3, -0.25) is 9.59 Å². The van der Waals surface area contributed by atoms with Crippen LogP contribution in [0.4, 0.5) is 0 Å². The van der Waals surface area contributed by atoms with Gasteiger partial charge in [-0.1, -0.05) is 162 Å². The highest BCUT2D eigenvalue weighted by atomic mass is 16.6. The van der Waals surface area contributed by atoms with Crippen molar-refractivity contribution in [1.82, 2.24) is 0 Å². The summed E-state index contributed by atoms with van der Waals surface area (Å²) in [7, 11) is 0. The van der Waals surface area contributed by atoms with E-state index in [2.05, 4.69) is 130 Å². The van der Waals surface area contributed by atoms with Gasteiger partial charge in [-0.05, 0) is 96.3 Å². The van der Waals surface area contributed by atoms with E-state index >= 15 is 0 Å². The molecule has 0 saturated heterocycles. The van der Waals surface area contributed by atoms with Gasteiger partial charge in [-0.25, -0.2) is 0 Å². The first-order valence-corrected chi connectivity index (χ1v) is 21.4. The quantitative estimate of drug-likeness (QED) is 0.0360.